The van der Waals surface area contributed by atoms with Crippen molar-refractivity contribution in [2.24, 2.45) is 23.3 Å². The molecular formula is C8H17BrN2O. The SMILES string of the molecule is Br.NCC1CCC(C(N)=O)CC1. The minimum Gasteiger partial charge on any atom is -0.369 e. The van der Waals surface area contributed by atoms with Crippen molar-refractivity contribution in [1.29, 1.82) is 0 Å². The minimum absolute atomic E-state index is 0. The van der Waals surface area contributed by atoms with Crippen molar-refractivity contribution in [1.82, 2.24) is 0 Å². The number of carbonyl (C=O) groups excluding carboxylic acids is 1. The van der Waals surface area contributed by atoms with Crippen LogP contribution < -0.4 is 11.5 Å². The number of rotatable bonds is 2. The average molecular weight is 237 g/mol. The van der Waals surface area contributed by atoms with Crippen LogP contribution in [-0.2, 0) is 4.79 Å². The van der Waals surface area contributed by atoms with E-state index in [9.17, 15) is 4.79 Å². The lowest BCUT2D eigenvalue weighted by atomic mass is 9.82. The molecule has 0 aromatic rings. The lowest BCUT2D eigenvalue weighted by molar-refractivity contribution is -0.122. The molecule has 0 aliphatic heterocycles. The molecule has 1 aliphatic carbocycles. The monoisotopic (exact) mass is 236 g/mol. The van der Waals surface area contributed by atoms with Gasteiger partial charge >= 0.3 is 0 Å². The zero-order chi connectivity index (χ0) is 8.27. The molecular weight excluding hydrogens is 220 g/mol. The number of amides is 1. The summed E-state index contributed by atoms with van der Waals surface area (Å²) in [7, 11) is 0. The average Bonchev–Trinajstić information content (AvgIpc) is 2.05. The van der Waals surface area contributed by atoms with E-state index in [0.717, 1.165) is 32.2 Å². The third-order valence-electron chi connectivity index (χ3n) is 2.58. The molecule has 0 aromatic carbocycles. The molecule has 0 radical (unpaired) electrons. The summed E-state index contributed by atoms with van der Waals surface area (Å²) in [4.78, 5) is 10.7. The number of halogens is 1. The Morgan fingerprint density at radius 3 is 2.08 bits per heavy atom. The largest absolute Gasteiger partial charge is 0.369 e. The van der Waals surface area contributed by atoms with Crippen molar-refractivity contribution >= 4 is 22.9 Å². The van der Waals surface area contributed by atoms with Crippen LogP contribution in [0, 0.1) is 11.8 Å². The number of hydrogen-bond acceptors (Lipinski definition) is 2. The smallest absolute Gasteiger partial charge is 0.220 e. The Balaban J connectivity index is 0.00000121. The van der Waals surface area contributed by atoms with Gasteiger partial charge < -0.3 is 11.5 Å². The normalized spacial score (nSPS) is 29.1. The van der Waals surface area contributed by atoms with E-state index < -0.39 is 0 Å². The van der Waals surface area contributed by atoms with E-state index in [0.29, 0.717) is 5.92 Å². The number of hydrogen-bond donors (Lipinski definition) is 2. The van der Waals surface area contributed by atoms with Gasteiger partial charge in [0.2, 0.25) is 5.91 Å². The Labute approximate surface area is 83.6 Å². The van der Waals surface area contributed by atoms with Gasteiger partial charge in [0.05, 0.1) is 0 Å². The number of nitrogens with two attached hydrogens (primary N) is 2. The Morgan fingerprint density at radius 2 is 1.75 bits per heavy atom. The third-order valence-corrected chi connectivity index (χ3v) is 2.58. The highest BCUT2D eigenvalue weighted by molar-refractivity contribution is 8.93. The first-order valence-corrected chi connectivity index (χ1v) is 4.23. The summed E-state index contributed by atoms with van der Waals surface area (Å²) in [5.74, 6) is 0.615. The molecule has 1 rings (SSSR count). The van der Waals surface area contributed by atoms with E-state index in [-0.39, 0.29) is 28.8 Å². The van der Waals surface area contributed by atoms with Crippen LogP contribution in [0.1, 0.15) is 25.7 Å². The lowest BCUT2D eigenvalue weighted by Gasteiger charge is -2.25. The third kappa shape index (κ3) is 3.11. The second kappa shape index (κ2) is 5.54. The fourth-order valence-electron chi connectivity index (χ4n) is 1.68. The zero-order valence-corrected chi connectivity index (χ0v) is 8.87. The van der Waals surface area contributed by atoms with Gasteiger partial charge in [0.15, 0.2) is 0 Å². The van der Waals surface area contributed by atoms with E-state index in [1.165, 1.54) is 0 Å². The molecule has 1 saturated carbocycles. The zero-order valence-electron chi connectivity index (χ0n) is 7.16. The van der Waals surface area contributed by atoms with Gasteiger partial charge in [-0.15, -0.1) is 17.0 Å². The molecule has 72 valence electrons. The summed E-state index contributed by atoms with van der Waals surface area (Å²) >= 11 is 0. The van der Waals surface area contributed by atoms with Crippen LogP contribution in [0.15, 0.2) is 0 Å². The molecule has 4 N–H and O–H groups in total. The van der Waals surface area contributed by atoms with Crippen LogP contribution in [0.5, 0.6) is 0 Å². The Morgan fingerprint density at radius 1 is 1.25 bits per heavy atom. The van der Waals surface area contributed by atoms with E-state index in [1.54, 1.807) is 0 Å². The standard InChI is InChI=1S/C8H16N2O.BrH/c9-5-6-1-3-7(4-2-6)8(10)11;/h6-7H,1-5,9H2,(H2,10,11);1H. The van der Waals surface area contributed by atoms with Crippen molar-refractivity contribution in [3.63, 3.8) is 0 Å². The molecule has 0 heterocycles. The second-order valence-electron chi connectivity index (χ2n) is 3.36. The summed E-state index contributed by atoms with van der Waals surface area (Å²) < 4.78 is 0. The summed E-state index contributed by atoms with van der Waals surface area (Å²) in [5, 5.41) is 0. The molecule has 4 heteroatoms. The van der Waals surface area contributed by atoms with E-state index in [2.05, 4.69) is 0 Å². The summed E-state index contributed by atoms with van der Waals surface area (Å²) in [6, 6.07) is 0. The first-order valence-electron chi connectivity index (χ1n) is 4.23. The maximum atomic E-state index is 10.7. The topological polar surface area (TPSA) is 69.1 Å². The highest BCUT2D eigenvalue weighted by atomic mass is 79.9. The molecule has 3 nitrogen and oxygen atoms in total. The summed E-state index contributed by atoms with van der Waals surface area (Å²) in [6.07, 6.45) is 4.03. The van der Waals surface area contributed by atoms with Crippen LogP contribution in [0.2, 0.25) is 0 Å². The van der Waals surface area contributed by atoms with Gasteiger partial charge in [-0.2, -0.15) is 0 Å². The van der Waals surface area contributed by atoms with Crippen LogP contribution in [0.25, 0.3) is 0 Å². The van der Waals surface area contributed by atoms with Crippen molar-refractivity contribution in [2.75, 3.05) is 6.54 Å². The van der Waals surface area contributed by atoms with Crippen molar-refractivity contribution in [3.05, 3.63) is 0 Å². The molecule has 1 fully saturated rings. The molecule has 1 amide bonds. The van der Waals surface area contributed by atoms with E-state index >= 15 is 0 Å². The molecule has 1 aliphatic rings. The van der Waals surface area contributed by atoms with Crippen molar-refractivity contribution < 1.29 is 4.79 Å². The van der Waals surface area contributed by atoms with E-state index in [1.807, 2.05) is 0 Å². The molecule has 0 spiro atoms. The molecule has 12 heavy (non-hydrogen) atoms. The predicted molar refractivity (Wildman–Crippen MR) is 54.0 cm³/mol. The predicted octanol–water partition coefficient (Wildman–Crippen LogP) is 0.815. The Hall–Kier alpha value is -0.0900. The summed E-state index contributed by atoms with van der Waals surface area (Å²) in [6.45, 7) is 0.755. The van der Waals surface area contributed by atoms with Gasteiger partial charge in [-0.3, -0.25) is 4.79 Å². The van der Waals surface area contributed by atoms with E-state index in [4.69, 9.17) is 11.5 Å². The highest BCUT2D eigenvalue weighted by Gasteiger charge is 2.23. The summed E-state index contributed by atoms with van der Waals surface area (Å²) in [5.41, 5.74) is 10.7. The number of primary amides is 1. The first kappa shape index (κ1) is 11.9. The number of carbonyl (C=O) groups is 1. The van der Waals surface area contributed by atoms with Gasteiger partial charge in [0, 0.05) is 5.92 Å². The van der Waals surface area contributed by atoms with Gasteiger partial charge in [-0.25, -0.2) is 0 Å². The van der Waals surface area contributed by atoms with Gasteiger partial charge in [0.25, 0.3) is 0 Å². The fourth-order valence-corrected chi connectivity index (χ4v) is 1.68. The fraction of sp³-hybridized carbons (Fsp3) is 0.875. The maximum absolute atomic E-state index is 10.7. The highest BCUT2D eigenvalue weighted by Crippen LogP contribution is 2.27. The molecule has 0 unspecified atom stereocenters. The second-order valence-corrected chi connectivity index (χ2v) is 3.36. The van der Waals surface area contributed by atoms with Crippen molar-refractivity contribution in [3.8, 4) is 0 Å². The lowest BCUT2D eigenvalue weighted by Crippen LogP contribution is -2.29. The minimum atomic E-state index is -0.138. The molecule has 0 saturated heterocycles. The molecule has 0 aromatic heterocycles. The van der Waals surface area contributed by atoms with Gasteiger partial charge in [-0.1, -0.05) is 0 Å². The van der Waals surface area contributed by atoms with Gasteiger partial charge in [0.1, 0.15) is 0 Å². The molecule has 0 bridgehead atoms. The van der Waals surface area contributed by atoms with Crippen molar-refractivity contribution in [2.45, 2.75) is 25.7 Å². The van der Waals surface area contributed by atoms with Crippen LogP contribution >= 0.6 is 17.0 Å². The van der Waals surface area contributed by atoms with Crippen LogP contribution in [0.3, 0.4) is 0 Å². The van der Waals surface area contributed by atoms with Crippen LogP contribution in [-0.4, -0.2) is 12.5 Å². The quantitative estimate of drug-likeness (QED) is 0.746. The Bertz CT molecular complexity index is 144. The van der Waals surface area contributed by atoms with Gasteiger partial charge in [-0.05, 0) is 38.1 Å². The molecule has 0 atom stereocenters. The Kier molecular flexibility index (Phi) is 5.50. The van der Waals surface area contributed by atoms with Crippen LogP contribution in [0.4, 0.5) is 0 Å². The maximum Gasteiger partial charge on any atom is 0.220 e. The first-order chi connectivity index (χ1) is 5.24.